The summed E-state index contributed by atoms with van der Waals surface area (Å²) in [7, 11) is 0. The molecule has 0 aliphatic rings. The maximum atomic E-state index is 4.51. The van der Waals surface area contributed by atoms with Gasteiger partial charge in [0.15, 0.2) is 0 Å². The van der Waals surface area contributed by atoms with Crippen LogP contribution in [0.3, 0.4) is 0 Å². The SMILES string of the molecule is c1ccc(-c2ccc(-c3c4ccccc4c(-c4ccc(-c5cncc6ccccc56)cc4)c4ccccc34)cc2)cc1. The Hall–Kier alpha value is -5.53. The number of hydrogen-bond acceptors (Lipinski definition) is 1. The Bertz CT molecular complexity index is 2150. The molecule has 0 saturated carbocycles. The molecule has 1 heterocycles. The van der Waals surface area contributed by atoms with Crippen molar-refractivity contribution in [1.29, 1.82) is 0 Å². The van der Waals surface area contributed by atoms with E-state index in [0.29, 0.717) is 0 Å². The lowest BCUT2D eigenvalue weighted by molar-refractivity contribution is 1.36. The third kappa shape index (κ3) is 4.06. The summed E-state index contributed by atoms with van der Waals surface area (Å²) in [4.78, 5) is 4.51. The van der Waals surface area contributed by atoms with Crippen LogP contribution in [0.5, 0.6) is 0 Å². The van der Waals surface area contributed by atoms with Gasteiger partial charge in [-0.2, -0.15) is 0 Å². The molecule has 0 spiro atoms. The van der Waals surface area contributed by atoms with Gasteiger partial charge in [0, 0.05) is 23.3 Å². The fraction of sp³-hybridized carbons (Fsp3) is 0. The summed E-state index contributed by atoms with van der Waals surface area (Å²) < 4.78 is 0. The van der Waals surface area contributed by atoms with Crippen LogP contribution in [0.1, 0.15) is 0 Å². The fourth-order valence-corrected chi connectivity index (χ4v) is 6.37. The van der Waals surface area contributed by atoms with E-state index in [1.54, 1.807) is 0 Å². The molecule has 196 valence electrons. The molecule has 0 N–H and O–H groups in total. The first-order valence-corrected chi connectivity index (χ1v) is 14.4. The predicted molar refractivity (Wildman–Crippen MR) is 178 cm³/mol. The minimum absolute atomic E-state index is 1.16. The molecular weight excluding hydrogens is 506 g/mol. The van der Waals surface area contributed by atoms with Crippen molar-refractivity contribution < 1.29 is 0 Å². The Kier molecular flexibility index (Phi) is 5.86. The van der Waals surface area contributed by atoms with E-state index in [1.165, 1.54) is 65.9 Å². The van der Waals surface area contributed by atoms with Crippen molar-refractivity contribution in [2.45, 2.75) is 0 Å². The summed E-state index contributed by atoms with van der Waals surface area (Å²) in [6.45, 7) is 0. The van der Waals surface area contributed by atoms with Crippen LogP contribution >= 0.6 is 0 Å². The minimum Gasteiger partial charge on any atom is -0.263 e. The molecule has 0 unspecified atom stereocenters. The second-order valence-corrected chi connectivity index (χ2v) is 10.8. The summed E-state index contributed by atoms with van der Waals surface area (Å²) >= 11 is 0. The number of pyridine rings is 1. The van der Waals surface area contributed by atoms with Gasteiger partial charge in [-0.3, -0.25) is 4.98 Å². The Morgan fingerprint density at radius 2 is 0.690 bits per heavy atom. The van der Waals surface area contributed by atoms with Crippen molar-refractivity contribution in [1.82, 2.24) is 4.98 Å². The zero-order chi connectivity index (χ0) is 27.9. The van der Waals surface area contributed by atoms with Crippen LogP contribution in [0.4, 0.5) is 0 Å². The summed E-state index contributed by atoms with van der Waals surface area (Å²) in [5.41, 5.74) is 9.78. The minimum atomic E-state index is 1.16. The maximum Gasteiger partial charge on any atom is 0.0352 e. The average Bonchev–Trinajstić information content (AvgIpc) is 3.07. The Morgan fingerprint density at radius 1 is 0.286 bits per heavy atom. The van der Waals surface area contributed by atoms with E-state index >= 15 is 0 Å². The van der Waals surface area contributed by atoms with Crippen molar-refractivity contribution in [3.8, 4) is 44.5 Å². The van der Waals surface area contributed by atoms with E-state index in [9.17, 15) is 0 Å². The Labute approximate surface area is 245 Å². The molecule has 8 aromatic rings. The molecule has 0 aliphatic heterocycles. The molecule has 1 nitrogen and oxygen atoms in total. The second kappa shape index (κ2) is 10.1. The van der Waals surface area contributed by atoms with Gasteiger partial charge in [-0.15, -0.1) is 0 Å². The molecule has 7 aromatic carbocycles. The van der Waals surface area contributed by atoms with Gasteiger partial charge in [0.05, 0.1) is 0 Å². The first-order chi connectivity index (χ1) is 20.8. The van der Waals surface area contributed by atoms with Gasteiger partial charge in [-0.1, -0.05) is 152 Å². The molecule has 0 radical (unpaired) electrons. The predicted octanol–water partition coefficient (Wildman–Crippen LogP) is 11.2. The molecule has 0 atom stereocenters. The monoisotopic (exact) mass is 533 g/mol. The number of aromatic nitrogens is 1. The summed E-state index contributed by atoms with van der Waals surface area (Å²) in [6.07, 6.45) is 3.90. The standard InChI is InChI=1S/C41H27N/c1-2-10-28(11-3-1)29-18-22-31(23-19-29)40-35-14-6-8-16-37(35)41(38-17-9-7-15-36(38)40)32-24-20-30(21-25-32)39-27-42-26-33-12-4-5-13-34(33)39/h1-27H. The molecule has 42 heavy (non-hydrogen) atoms. The highest BCUT2D eigenvalue weighted by atomic mass is 14.6. The Balaban J connectivity index is 1.30. The summed E-state index contributed by atoms with van der Waals surface area (Å²) in [6, 6.07) is 54.7. The number of benzene rings is 7. The van der Waals surface area contributed by atoms with Crippen LogP contribution in [-0.4, -0.2) is 4.98 Å². The van der Waals surface area contributed by atoms with Gasteiger partial charge in [0.2, 0.25) is 0 Å². The van der Waals surface area contributed by atoms with E-state index < -0.39 is 0 Å². The molecule has 0 aliphatic carbocycles. The largest absolute Gasteiger partial charge is 0.263 e. The molecule has 0 bridgehead atoms. The molecule has 0 saturated heterocycles. The van der Waals surface area contributed by atoms with Gasteiger partial charge in [0.1, 0.15) is 0 Å². The van der Waals surface area contributed by atoms with Crippen LogP contribution in [0.15, 0.2) is 164 Å². The highest BCUT2D eigenvalue weighted by molar-refractivity contribution is 6.21. The maximum absolute atomic E-state index is 4.51. The summed E-state index contributed by atoms with van der Waals surface area (Å²) in [5.74, 6) is 0. The molecule has 8 rings (SSSR count). The highest BCUT2D eigenvalue weighted by Gasteiger charge is 2.17. The van der Waals surface area contributed by atoms with Gasteiger partial charge in [0.25, 0.3) is 0 Å². The Morgan fingerprint density at radius 3 is 1.24 bits per heavy atom. The smallest absolute Gasteiger partial charge is 0.0352 e. The second-order valence-electron chi connectivity index (χ2n) is 10.8. The van der Waals surface area contributed by atoms with E-state index in [4.69, 9.17) is 0 Å². The molecule has 0 amide bonds. The molecule has 1 aromatic heterocycles. The van der Waals surface area contributed by atoms with Crippen molar-refractivity contribution >= 4 is 32.3 Å². The number of fused-ring (bicyclic) bond motifs is 3. The molecule has 0 fully saturated rings. The van der Waals surface area contributed by atoms with Gasteiger partial charge in [-0.25, -0.2) is 0 Å². The lowest BCUT2D eigenvalue weighted by atomic mass is 9.85. The number of hydrogen-bond donors (Lipinski definition) is 0. The van der Waals surface area contributed by atoms with Crippen LogP contribution in [0.25, 0.3) is 76.8 Å². The quantitative estimate of drug-likeness (QED) is 0.205. The third-order valence-electron chi connectivity index (χ3n) is 8.36. The lowest BCUT2D eigenvalue weighted by Crippen LogP contribution is -1.91. The highest BCUT2D eigenvalue weighted by Crippen LogP contribution is 2.44. The first kappa shape index (κ1) is 24.3. The molecular formula is C41H27N. The zero-order valence-electron chi connectivity index (χ0n) is 23.0. The normalized spacial score (nSPS) is 11.3. The lowest BCUT2D eigenvalue weighted by Gasteiger charge is -2.18. The van der Waals surface area contributed by atoms with Gasteiger partial charge >= 0.3 is 0 Å². The van der Waals surface area contributed by atoms with Crippen LogP contribution in [0, 0.1) is 0 Å². The zero-order valence-corrected chi connectivity index (χ0v) is 23.0. The number of rotatable bonds is 4. The van der Waals surface area contributed by atoms with Gasteiger partial charge < -0.3 is 0 Å². The van der Waals surface area contributed by atoms with Crippen LogP contribution < -0.4 is 0 Å². The van der Waals surface area contributed by atoms with E-state index in [-0.39, 0.29) is 0 Å². The van der Waals surface area contributed by atoms with Crippen molar-refractivity contribution in [2.24, 2.45) is 0 Å². The average molecular weight is 534 g/mol. The van der Waals surface area contributed by atoms with Gasteiger partial charge in [-0.05, 0) is 65.9 Å². The topological polar surface area (TPSA) is 12.9 Å². The van der Waals surface area contributed by atoms with Crippen molar-refractivity contribution in [3.63, 3.8) is 0 Å². The van der Waals surface area contributed by atoms with E-state index in [2.05, 4.69) is 157 Å². The van der Waals surface area contributed by atoms with E-state index in [0.717, 1.165) is 10.9 Å². The third-order valence-corrected chi connectivity index (χ3v) is 8.36. The molecule has 1 heteroatoms. The van der Waals surface area contributed by atoms with Crippen LogP contribution in [0.2, 0.25) is 0 Å². The van der Waals surface area contributed by atoms with Crippen molar-refractivity contribution in [2.75, 3.05) is 0 Å². The first-order valence-electron chi connectivity index (χ1n) is 14.4. The van der Waals surface area contributed by atoms with Crippen LogP contribution in [-0.2, 0) is 0 Å². The van der Waals surface area contributed by atoms with Crippen molar-refractivity contribution in [3.05, 3.63) is 164 Å². The van der Waals surface area contributed by atoms with E-state index in [1.807, 2.05) is 12.4 Å². The fourth-order valence-electron chi connectivity index (χ4n) is 6.37. The number of nitrogens with zero attached hydrogens (tertiary/aromatic N) is 1. The summed E-state index contributed by atoms with van der Waals surface area (Å²) in [5, 5.41) is 7.43.